The van der Waals surface area contributed by atoms with E-state index in [1.165, 1.54) is 25.2 Å². The van der Waals surface area contributed by atoms with Crippen molar-refractivity contribution in [1.82, 2.24) is 0 Å². The molecule has 0 radical (unpaired) electrons. The summed E-state index contributed by atoms with van der Waals surface area (Å²) < 4.78 is 38.5. The number of carbonyl (C=O) groups is 2. The van der Waals surface area contributed by atoms with E-state index in [4.69, 9.17) is 5.11 Å². The fourth-order valence-electron chi connectivity index (χ4n) is 3.73. The van der Waals surface area contributed by atoms with Gasteiger partial charge in [-0.05, 0) is 53.6 Å². The second-order valence-corrected chi connectivity index (χ2v) is 10.1. The molecule has 0 fully saturated rings. The highest BCUT2D eigenvalue weighted by atomic mass is 32.2. The van der Waals surface area contributed by atoms with Gasteiger partial charge in [-0.25, -0.2) is 12.8 Å². The Hall–Kier alpha value is -4.18. The maximum atomic E-state index is 13.7. The van der Waals surface area contributed by atoms with Crippen LogP contribution in [0.3, 0.4) is 0 Å². The van der Waals surface area contributed by atoms with E-state index in [-0.39, 0.29) is 6.42 Å². The van der Waals surface area contributed by atoms with E-state index in [0.717, 1.165) is 10.6 Å². The number of carbonyl (C=O) groups excluding carboxylic acids is 1. The van der Waals surface area contributed by atoms with Crippen molar-refractivity contribution in [2.24, 2.45) is 0 Å². The van der Waals surface area contributed by atoms with Crippen LogP contribution in [0.5, 0.6) is 0 Å². The number of hydrogen-bond donors (Lipinski definition) is 3. The molecule has 0 aliphatic carbocycles. The van der Waals surface area contributed by atoms with Gasteiger partial charge in [-0.1, -0.05) is 24.3 Å². The lowest BCUT2D eigenvalue weighted by Gasteiger charge is -2.18. The van der Waals surface area contributed by atoms with E-state index in [1.54, 1.807) is 48.5 Å². The summed E-state index contributed by atoms with van der Waals surface area (Å²) in [5, 5.41) is 14.9. The third kappa shape index (κ3) is 5.17. The highest BCUT2D eigenvalue weighted by molar-refractivity contribution is 7.92. The molecule has 1 amide bonds. The lowest BCUT2D eigenvalue weighted by atomic mass is 9.98. The van der Waals surface area contributed by atoms with Crippen LogP contribution in [0.4, 0.5) is 21.5 Å². The molecule has 0 bridgehead atoms. The Labute approximate surface area is 201 Å². The number of carboxylic acid groups (broad SMARTS) is 1. The number of nitrogens with zero attached hydrogens (tertiary/aromatic N) is 1. The van der Waals surface area contributed by atoms with Crippen LogP contribution >= 0.6 is 0 Å². The minimum Gasteiger partial charge on any atom is -0.481 e. The van der Waals surface area contributed by atoms with Gasteiger partial charge in [0, 0.05) is 18.3 Å². The molecule has 4 rings (SSSR count). The molecule has 1 aliphatic heterocycles. The summed E-state index contributed by atoms with van der Waals surface area (Å²) in [5.41, 5.74) is 3.83. The quantitative estimate of drug-likeness (QED) is 0.430. The van der Waals surface area contributed by atoms with Gasteiger partial charge in [-0.2, -0.15) is 0 Å². The molecule has 3 N–H and O–H groups in total. The number of anilines is 3. The molecular formula is C25H22FN3O5S. The molecule has 180 valence electrons. The summed E-state index contributed by atoms with van der Waals surface area (Å²) in [6.45, 7) is 0. The van der Waals surface area contributed by atoms with Crippen molar-refractivity contribution in [3.05, 3.63) is 89.2 Å². The van der Waals surface area contributed by atoms with E-state index in [2.05, 4.69) is 10.6 Å². The van der Waals surface area contributed by atoms with Crippen molar-refractivity contribution in [2.75, 3.05) is 28.2 Å². The normalized spacial score (nSPS) is 14.2. The van der Waals surface area contributed by atoms with Gasteiger partial charge in [-0.15, -0.1) is 0 Å². The first-order valence-corrected chi connectivity index (χ1v) is 12.4. The van der Waals surface area contributed by atoms with Gasteiger partial charge in [0.25, 0.3) is 5.91 Å². The summed E-state index contributed by atoms with van der Waals surface area (Å²) in [5.74, 6) is -1.86. The zero-order valence-electron chi connectivity index (χ0n) is 18.9. The molecule has 1 aliphatic rings. The standard InChI is InChI=1S/C25H22FN3O5S/c1-29(35(2,33)34)19-10-8-18(9-11-19)27-24(16-5-3-15(4-6-16)13-22(30)31)23-20-12-7-17(26)14-21(20)28-25(23)32/h3-12,14,27H,13H2,1-2H3,(H,28,32)(H,30,31)/b24-23-. The van der Waals surface area contributed by atoms with Crippen molar-refractivity contribution in [3.63, 3.8) is 0 Å². The number of carboxylic acids is 1. The average Bonchev–Trinajstić information content (AvgIpc) is 3.11. The third-order valence-corrected chi connectivity index (χ3v) is 6.78. The summed E-state index contributed by atoms with van der Waals surface area (Å²) in [6.07, 6.45) is 0.964. The Morgan fingerprint density at radius 3 is 2.31 bits per heavy atom. The second-order valence-electron chi connectivity index (χ2n) is 8.06. The highest BCUT2D eigenvalue weighted by Gasteiger charge is 2.29. The van der Waals surface area contributed by atoms with E-state index < -0.39 is 27.7 Å². The smallest absolute Gasteiger partial charge is 0.307 e. The van der Waals surface area contributed by atoms with E-state index in [9.17, 15) is 22.4 Å². The molecule has 3 aromatic rings. The predicted octanol–water partition coefficient (Wildman–Crippen LogP) is 3.78. The van der Waals surface area contributed by atoms with Crippen molar-refractivity contribution in [2.45, 2.75) is 6.42 Å². The SMILES string of the molecule is CN(c1ccc(N/C(=C2\C(=O)Nc3cc(F)ccc32)c2ccc(CC(=O)O)cc2)cc1)S(C)(=O)=O. The summed E-state index contributed by atoms with van der Waals surface area (Å²) in [4.78, 5) is 24.0. The molecule has 0 unspecified atom stereocenters. The minimum atomic E-state index is -3.43. The fraction of sp³-hybridized carbons (Fsp3) is 0.120. The number of benzene rings is 3. The average molecular weight is 496 g/mol. The van der Waals surface area contributed by atoms with Crippen molar-refractivity contribution >= 4 is 50.2 Å². The topological polar surface area (TPSA) is 116 Å². The molecule has 0 saturated carbocycles. The molecule has 3 aromatic carbocycles. The lowest BCUT2D eigenvalue weighted by molar-refractivity contribution is -0.136. The molecule has 1 heterocycles. The first-order valence-electron chi connectivity index (χ1n) is 10.5. The maximum Gasteiger partial charge on any atom is 0.307 e. The summed E-state index contributed by atoms with van der Waals surface area (Å²) >= 11 is 0. The molecule has 10 heteroatoms. The number of hydrogen-bond acceptors (Lipinski definition) is 5. The predicted molar refractivity (Wildman–Crippen MR) is 133 cm³/mol. The van der Waals surface area contributed by atoms with Crippen LogP contribution in [-0.4, -0.2) is 38.7 Å². The Balaban J connectivity index is 1.79. The highest BCUT2D eigenvalue weighted by Crippen LogP contribution is 2.38. The van der Waals surface area contributed by atoms with Crippen molar-refractivity contribution in [3.8, 4) is 0 Å². The van der Waals surface area contributed by atoms with Crippen LogP contribution < -0.4 is 14.9 Å². The van der Waals surface area contributed by atoms with Crippen molar-refractivity contribution < 1.29 is 27.5 Å². The minimum absolute atomic E-state index is 0.141. The molecule has 0 aromatic heterocycles. The van der Waals surface area contributed by atoms with Gasteiger partial charge in [-0.3, -0.25) is 13.9 Å². The van der Waals surface area contributed by atoms with E-state index in [1.807, 2.05) is 0 Å². The van der Waals surface area contributed by atoms with Crippen LogP contribution in [-0.2, 0) is 26.0 Å². The first kappa shape index (κ1) is 24.0. The van der Waals surface area contributed by atoms with Gasteiger partial charge in [0.1, 0.15) is 5.82 Å². The Morgan fingerprint density at radius 2 is 1.71 bits per heavy atom. The van der Waals surface area contributed by atoms with Gasteiger partial charge in [0.2, 0.25) is 10.0 Å². The van der Waals surface area contributed by atoms with E-state index >= 15 is 0 Å². The number of aliphatic carboxylic acids is 1. The Bertz CT molecular complexity index is 1450. The third-order valence-electron chi connectivity index (χ3n) is 5.57. The number of halogens is 1. The summed E-state index contributed by atoms with van der Waals surface area (Å²) in [6, 6.07) is 17.3. The van der Waals surface area contributed by atoms with Gasteiger partial charge >= 0.3 is 5.97 Å². The van der Waals surface area contributed by atoms with Crippen molar-refractivity contribution in [1.29, 1.82) is 0 Å². The van der Waals surface area contributed by atoms with Gasteiger partial charge in [0.15, 0.2) is 0 Å². The number of rotatable bonds is 7. The number of amides is 1. The van der Waals surface area contributed by atoms with Gasteiger partial charge < -0.3 is 15.7 Å². The Morgan fingerprint density at radius 1 is 1.06 bits per heavy atom. The van der Waals surface area contributed by atoms with Crippen LogP contribution in [0.15, 0.2) is 66.7 Å². The molecular weight excluding hydrogens is 473 g/mol. The van der Waals surface area contributed by atoms with Gasteiger partial charge in [0.05, 0.1) is 35.3 Å². The maximum absolute atomic E-state index is 13.7. The zero-order chi connectivity index (χ0) is 25.3. The van der Waals surface area contributed by atoms with Crippen LogP contribution in [0.1, 0.15) is 16.7 Å². The monoisotopic (exact) mass is 495 g/mol. The van der Waals surface area contributed by atoms with Crippen LogP contribution in [0, 0.1) is 5.82 Å². The second kappa shape index (κ2) is 9.22. The molecule has 35 heavy (non-hydrogen) atoms. The molecule has 0 spiro atoms. The van der Waals surface area contributed by atoms with Crippen LogP contribution in [0.25, 0.3) is 11.3 Å². The molecule has 0 saturated heterocycles. The summed E-state index contributed by atoms with van der Waals surface area (Å²) in [7, 11) is -1.98. The van der Waals surface area contributed by atoms with E-state index in [0.29, 0.717) is 45.0 Å². The first-order chi connectivity index (χ1) is 16.5. The Kier molecular flexibility index (Phi) is 6.31. The molecule has 8 nitrogen and oxygen atoms in total. The lowest BCUT2D eigenvalue weighted by Crippen LogP contribution is -2.24. The number of nitrogens with one attached hydrogen (secondary N) is 2. The number of fused-ring (bicyclic) bond motifs is 1. The zero-order valence-corrected chi connectivity index (χ0v) is 19.7. The fourth-order valence-corrected chi connectivity index (χ4v) is 4.23. The van der Waals surface area contributed by atoms with Crippen LogP contribution in [0.2, 0.25) is 0 Å². The number of sulfonamides is 1. The largest absolute Gasteiger partial charge is 0.481 e. The molecule has 0 atom stereocenters.